The van der Waals surface area contributed by atoms with Crippen molar-refractivity contribution < 1.29 is 9.59 Å². The number of rotatable bonds is 7. The van der Waals surface area contributed by atoms with E-state index in [-0.39, 0.29) is 17.9 Å². The summed E-state index contributed by atoms with van der Waals surface area (Å²) < 4.78 is 0. The molecule has 0 saturated carbocycles. The lowest BCUT2D eigenvalue weighted by Gasteiger charge is -2.17. The van der Waals surface area contributed by atoms with Crippen molar-refractivity contribution in [1.29, 1.82) is 0 Å². The van der Waals surface area contributed by atoms with Crippen molar-refractivity contribution in [3.8, 4) is 10.6 Å². The molecule has 1 atom stereocenters. The number of aromatic nitrogens is 1. The standard InChI is InChI=1S/C23H24N4O2S/c28-21-13-18(16-27(21)11-9-17-5-2-1-3-6-17)15-25-23(29)26-20-8-4-7-19(14-20)22-24-10-12-30-22/h1-8,10,12,14,18H,9,11,13,15-16H2,(H2,25,26,29). The van der Waals surface area contributed by atoms with Crippen LogP contribution in [0.25, 0.3) is 10.6 Å². The highest BCUT2D eigenvalue weighted by Crippen LogP contribution is 2.24. The molecular weight excluding hydrogens is 396 g/mol. The Kier molecular flexibility index (Phi) is 6.39. The molecule has 2 heterocycles. The average molecular weight is 421 g/mol. The van der Waals surface area contributed by atoms with Gasteiger partial charge in [0.15, 0.2) is 0 Å². The van der Waals surface area contributed by atoms with E-state index in [1.165, 1.54) is 5.56 Å². The summed E-state index contributed by atoms with van der Waals surface area (Å²) in [6.45, 7) is 1.88. The first-order chi connectivity index (χ1) is 14.7. The number of carbonyl (C=O) groups excluding carboxylic acids is 2. The lowest BCUT2D eigenvalue weighted by atomic mass is 10.1. The minimum atomic E-state index is -0.263. The number of hydrogen-bond acceptors (Lipinski definition) is 4. The molecule has 30 heavy (non-hydrogen) atoms. The molecule has 1 aliphatic heterocycles. The monoisotopic (exact) mass is 420 g/mol. The van der Waals surface area contributed by atoms with Gasteiger partial charge in [-0.3, -0.25) is 4.79 Å². The Morgan fingerprint density at radius 2 is 2.03 bits per heavy atom. The van der Waals surface area contributed by atoms with Gasteiger partial charge >= 0.3 is 6.03 Å². The van der Waals surface area contributed by atoms with Crippen molar-refractivity contribution in [3.05, 3.63) is 71.7 Å². The van der Waals surface area contributed by atoms with Crippen molar-refractivity contribution in [3.63, 3.8) is 0 Å². The van der Waals surface area contributed by atoms with E-state index in [1.807, 2.05) is 52.7 Å². The molecule has 1 saturated heterocycles. The minimum absolute atomic E-state index is 0.140. The van der Waals surface area contributed by atoms with Gasteiger partial charge in [0.2, 0.25) is 5.91 Å². The number of amides is 3. The first kappa shape index (κ1) is 20.1. The fourth-order valence-corrected chi connectivity index (χ4v) is 4.26. The fourth-order valence-electron chi connectivity index (χ4n) is 3.62. The average Bonchev–Trinajstić information content (AvgIpc) is 3.42. The smallest absolute Gasteiger partial charge is 0.319 e. The predicted octanol–water partition coefficient (Wildman–Crippen LogP) is 4.02. The Hall–Kier alpha value is -3.19. The molecule has 7 heteroatoms. The quantitative estimate of drug-likeness (QED) is 0.606. The summed E-state index contributed by atoms with van der Waals surface area (Å²) in [4.78, 5) is 30.8. The summed E-state index contributed by atoms with van der Waals surface area (Å²) in [5.41, 5.74) is 2.91. The van der Waals surface area contributed by atoms with E-state index < -0.39 is 0 Å². The number of anilines is 1. The second-order valence-electron chi connectivity index (χ2n) is 7.40. The topological polar surface area (TPSA) is 74.3 Å². The third-order valence-corrected chi connectivity index (χ3v) is 5.98. The summed E-state index contributed by atoms with van der Waals surface area (Å²) in [6.07, 6.45) is 3.09. The maximum Gasteiger partial charge on any atom is 0.319 e. The molecule has 0 radical (unpaired) electrons. The molecule has 4 rings (SSSR count). The van der Waals surface area contributed by atoms with Crippen LogP contribution in [0.4, 0.5) is 10.5 Å². The van der Waals surface area contributed by atoms with Crippen LogP contribution in [0.1, 0.15) is 12.0 Å². The van der Waals surface area contributed by atoms with E-state index in [2.05, 4.69) is 27.8 Å². The Balaban J connectivity index is 1.23. The van der Waals surface area contributed by atoms with E-state index in [1.54, 1.807) is 17.5 Å². The predicted molar refractivity (Wildman–Crippen MR) is 119 cm³/mol. The number of thiazole rings is 1. The number of urea groups is 1. The summed E-state index contributed by atoms with van der Waals surface area (Å²) in [6, 6.07) is 17.5. The maximum absolute atomic E-state index is 12.3. The molecule has 1 aromatic heterocycles. The van der Waals surface area contributed by atoms with Crippen LogP contribution in [0.5, 0.6) is 0 Å². The van der Waals surface area contributed by atoms with Crippen LogP contribution in [0.15, 0.2) is 66.2 Å². The highest BCUT2D eigenvalue weighted by atomic mass is 32.1. The van der Waals surface area contributed by atoms with E-state index in [0.29, 0.717) is 25.2 Å². The summed E-state index contributed by atoms with van der Waals surface area (Å²) in [5.74, 6) is 0.301. The number of hydrogen-bond donors (Lipinski definition) is 2. The first-order valence-corrected chi connectivity index (χ1v) is 10.9. The van der Waals surface area contributed by atoms with Crippen LogP contribution in [0.2, 0.25) is 0 Å². The van der Waals surface area contributed by atoms with Gasteiger partial charge in [0.05, 0.1) is 0 Å². The Morgan fingerprint density at radius 1 is 1.17 bits per heavy atom. The normalized spacial score (nSPS) is 15.9. The molecule has 154 valence electrons. The van der Waals surface area contributed by atoms with Gasteiger partial charge < -0.3 is 15.5 Å². The molecule has 0 bridgehead atoms. The van der Waals surface area contributed by atoms with Gasteiger partial charge in [-0.1, -0.05) is 42.5 Å². The molecule has 0 aliphatic carbocycles. The van der Waals surface area contributed by atoms with Crippen molar-refractivity contribution in [2.75, 3.05) is 25.0 Å². The van der Waals surface area contributed by atoms with Gasteiger partial charge in [-0.15, -0.1) is 11.3 Å². The van der Waals surface area contributed by atoms with Crippen molar-refractivity contribution >= 4 is 29.0 Å². The highest BCUT2D eigenvalue weighted by molar-refractivity contribution is 7.13. The Bertz CT molecular complexity index is 991. The Morgan fingerprint density at radius 3 is 2.83 bits per heavy atom. The molecular formula is C23H24N4O2S. The molecule has 3 aromatic rings. The van der Waals surface area contributed by atoms with Crippen LogP contribution in [0.3, 0.4) is 0 Å². The van der Waals surface area contributed by atoms with Crippen LogP contribution >= 0.6 is 11.3 Å². The van der Waals surface area contributed by atoms with Crippen LogP contribution < -0.4 is 10.6 Å². The van der Waals surface area contributed by atoms with Gasteiger partial charge in [-0.2, -0.15) is 0 Å². The van der Waals surface area contributed by atoms with Crippen molar-refractivity contribution in [1.82, 2.24) is 15.2 Å². The van der Waals surface area contributed by atoms with Gasteiger partial charge in [0, 0.05) is 54.8 Å². The van der Waals surface area contributed by atoms with Crippen molar-refractivity contribution in [2.24, 2.45) is 5.92 Å². The number of benzene rings is 2. The van der Waals surface area contributed by atoms with Gasteiger partial charge in [0.1, 0.15) is 5.01 Å². The highest BCUT2D eigenvalue weighted by Gasteiger charge is 2.29. The maximum atomic E-state index is 12.3. The second kappa shape index (κ2) is 9.54. The summed E-state index contributed by atoms with van der Waals surface area (Å²) in [7, 11) is 0. The zero-order chi connectivity index (χ0) is 20.8. The van der Waals surface area contributed by atoms with Gasteiger partial charge in [-0.25, -0.2) is 9.78 Å². The van der Waals surface area contributed by atoms with E-state index in [4.69, 9.17) is 0 Å². The number of nitrogens with one attached hydrogen (secondary N) is 2. The molecule has 1 fully saturated rings. The number of nitrogens with zero attached hydrogens (tertiary/aromatic N) is 2. The molecule has 3 amide bonds. The summed E-state index contributed by atoms with van der Waals surface area (Å²) >= 11 is 1.56. The minimum Gasteiger partial charge on any atom is -0.342 e. The lowest BCUT2D eigenvalue weighted by molar-refractivity contribution is -0.127. The van der Waals surface area contributed by atoms with E-state index >= 15 is 0 Å². The zero-order valence-corrected chi connectivity index (χ0v) is 17.4. The van der Waals surface area contributed by atoms with Gasteiger partial charge in [0.25, 0.3) is 0 Å². The van der Waals surface area contributed by atoms with Crippen LogP contribution in [-0.2, 0) is 11.2 Å². The fraction of sp³-hybridized carbons (Fsp3) is 0.261. The molecule has 2 N–H and O–H groups in total. The molecule has 1 unspecified atom stereocenters. The zero-order valence-electron chi connectivity index (χ0n) is 16.6. The van der Waals surface area contributed by atoms with Crippen LogP contribution in [0, 0.1) is 5.92 Å². The lowest BCUT2D eigenvalue weighted by Crippen LogP contribution is -2.34. The Labute approximate surface area is 180 Å². The largest absolute Gasteiger partial charge is 0.342 e. The second-order valence-corrected chi connectivity index (χ2v) is 8.29. The van der Waals surface area contributed by atoms with E-state index in [9.17, 15) is 9.59 Å². The molecule has 0 spiro atoms. The molecule has 2 aromatic carbocycles. The first-order valence-electron chi connectivity index (χ1n) is 10.0. The molecule has 1 aliphatic rings. The SMILES string of the molecule is O=C(NCC1CC(=O)N(CCc2ccccc2)C1)Nc1cccc(-c2nccs2)c1. The third kappa shape index (κ3) is 5.24. The third-order valence-electron chi connectivity index (χ3n) is 5.16. The van der Waals surface area contributed by atoms with Gasteiger partial charge in [-0.05, 0) is 24.1 Å². The molecule has 6 nitrogen and oxygen atoms in total. The summed E-state index contributed by atoms with van der Waals surface area (Å²) in [5, 5.41) is 8.61. The van der Waals surface area contributed by atoms with Crippen molar-refractivity contribution in [2.45, 2.75) is 12.8 Å². The van der Waals surface area contributed by atoms with E-state index in [0.717, 1.165) is 23.5 Å². The number of likely N-dealkylation sites (tertiary alicyclic amines) is 1. The van der Waals surface area contributed by atoms with Crippen LogP contribution in [-0.4, -0.2) is 41.5 Å². The number of carbonyl (C=O) groups is 2.